The molecule has 0 fully saturated rings. The van der Waals surface area contributed by atoms with Crippen molar-refractivity contribution in [3.05, 3.63) is 71.5 Å². The van der Waals surface area contributed by atoms with Crippen LogP contribution in [-0.2, 0) is 22.9 Å². The zero-order valence-electron chi connectivity index (χ0n) is 17.7. The smallest absolute Gasteiger partial charge is 0.240 e. The Morgan fingerprint density at radius 2 is 1.85 bits per heavy atom. The Hall–Kier alpha value is -3.37. The Labute approximate surface area is 190 Å². The molecule has 1 aliphatic rings. The Kier molecular flexibility index (Phi) is 5.77. The average molecular weight is 468 g/mol. The summed E-state index contributed by atoms with van der Waals surface area (Å²) in [6, 6.07) is 14.6. The summed E-state index contributed by atoms with van der Waals surface area (Å²) in [4.78, 5) is 0.270. The number of rotatable bonds is 7. The Balaban J connectivity index is 1.24. The van der Waals surface area contributed by atoms with Gasteiger partial charge in [0, 0.05) is 18.2 Å². The minimum Gasteiger partial charge on any atom is -0.475 e. The van der Waals surface area contributed by atoms with Crippen molar-refractivity contribution in [2.75, 3.05) is 13.2 Å². The highest BCUT2D eigenvalue weighted by molar-refractivity contribution is 7.89. The molecular weight excluding hydrogens is 445 g/mol. The monoisotopic (exact) mass is 467 g/mol. The van der Waals surface area contributed by atoms with Gasteiger partial charge in [0.15, 0.2) is 11.5 Å². The first-order valence-corrected chi connectivity index (χ1v) is 12.2. The first-order chi connectivity index (χ1) is 16.0. The van der Waals surface area contributed by atoms with Gasteiger partial charge in [0.1, 0.15) is 12.4 Å². The molecule has 33 heavy (non-hydrogen) atoms. The highest BCUT2D eigenvalue weighted by Crippen LogP contribution is 2.24. The maximum absolute atomic E-state index is 13.6. The standard InChI is InChI=1S/C23H22FN5O3S/c24-19-7-3-6-18(14-19)23-27-26-21-10-11-22(28-29(21)23)32-13-12-25-33(30,31)20-9-8-16-4-1-2-5-17(16)15-20/h3,6-11,14-15,25H,1-2,4-5,12-13H2. The van der Waals surface area contributed by atoms with E-state index in [4.69, 9.17) is 4.74 Å². The minimum absolute atomic E-state index is 0.0814. The number of hydrogen-bond acceptors (Lipinski definition) is 6. The molecule has 0 amide bonds. The summed E-state index contributed by atoms with van der Waals surface area (Å²) >= 11 is 0. The summed E-state index contributed by atoms with van der Waals surface area (Å²) in [5, 5.41) is 12.5. The van der Waals surface area contributed by atoms with E-state index in [1.807, 2.05) is 6.07 Å². The van der Waals surface area contributed by atoms with Crippen LogP contribution >= 0.6 is 0 Å². The molecule has 2 heterocycles. The molecule has 170 valence electrons. The van der Waals surface area contributed by atoms with E-state index in [1.54, 1.807) is 36.4 Å². The molecule has 4 aromatic rings. The van der Waals surface area contributed by atoms with Gasteiger partial charge in [-0.25, -0.2) is 17.5 Å². The quantitative estimate of drug-likeness (QED) is 0.419. The summed E-state index contributed by atoms with van der Waals surface area (Å²) < 4.78 is 48.6. The summed E-state index contributed by atoms with van der Waals surface area (Å²) in [5.74, 6) is 0.263. The van der Waals surface area contributed by atoms with E-state index >= 15 is 0 Å². The van der Waals surface area contributed by atoms with E-state index < -0.39 is 10.0 Å². The number of hydrogen-bond donors (Lipinski definition) is 1. The third-order valence-corrected chi connectivity index (χ3v) is 7.05. The molecule has 0 spiro atoms. The zero-order chi connectivity index (χ0) is 22.8. The maximum Gasteiger partial charge on any atom is 0.240 e. The maximum atomic E-state index is 13.6. The van der Waals surface area contributed by atoms with Gasteiger partial charge in [0.05, 0.1) is 4.90 Å². The van der Waals surface area contributed by atoms with Gasteiger partial charge in [-0.15, -0.1) is 15.3 Å². The largest absolute Gasteiger partial charge is 0.475 e. The van der Waals surface area contributed by atoms with Crippen LogP contribution in [0, 0.1) is 5.82 Å². The van der Waals surface area contributed by atoms with Crippen molar-refractivity contribution in [2.24, 2.45) is 0 Å². The van der Waals surface area contributed by atoms with Crippen LogP contribution < -0.4 is 9.46 Å². The fourth-order valence-electron chi connectivity index (χ4n) is 3.95. The lowest BCUT2D eigenvalue weighted by Crippen LogP contribution is -2.28. The first-order valence-electron chi connectivity index (χ1n) is 10.7. The second-order valence-corrected chi connectivity index (χ2v) is 9.63. The van der Waals surface area contributed by atoms with Crippen LogP contribution in [0.1, 0.15) is 24.0 Å². The SMILES string of the molecule is O=S(=O)(NCCOc1ccc2nnc(-c3cccc(F)c3)n2n1)c1ccc2c(c1)CCCC2. The number of aryl methyl sites for hydroxylation is 2. The zero-order valence-corrected chi connectivity index (χ0v) is 18.6. The molecule has 8 nitrogen and oxygen atoms in total. The van der Waals surface area contributed by atoms with E-state index in [2.05, 4.69) is 20.0 Å². The van der Waals surface area contributed by atoms with Gasteiger partial charge < -0.3 is 4.74 Å². The predicted molar refractivity (Wildman–Crippen MR) is 120 cm³/mol. The molecule has 0 saturated heterocycles. The second kappa shape index (κ2) is 8.87. The van der Waals surface area contributed by atoms with Crippen LogP contribution in [0.3, 0.4) is 0 Å². The van der Waals surface area contributed by atoms with E-state index in [0.29, 0.717) is 17.0 Å². The molecule has 0 aliphatic heterocycles. The van der Waals surface area contributed by atoms with Crippen LogP contribution in [0.15, 0.2) is 59.5 Å². The van der Waals surface area contributed by atoms with Crippen molar-refractivity contribution in [1.82, 2.24) is 24.5 Å². The fourth-order valence-corrected chi connectivity index (χ4v) is 5.01. The highest BCUT2D eigenvalue weighted by atomic mass is 32.2. The van der Waals surface area contributed by atoms with Gasteiger partial charge in [-0.05, 0) is 67.1 Å². The first kappa shape index (κ1) is 21.5. The molecule has 0 radical (unpaired) electrons. The number of nitrogens with zero attached hydrogens (tertiary/aromatic N) is 4. The molecule has 0 bridgehead atoms. The molecule has 0 atom stereocenters. The van der Waals surface area contributed by atoms with Gasteiger partial charge in [0.25, 0.3) is 0 Å². The minimum atomic E-state index is -3.63. The predicted octanol–water partition coefficient (Wildman–Crippen LogP) is 3.17. The summed E-state index contributed by atoms with van der Waals surface area (Å²) in [6.07, 6.45) is 4.15. The van der Waals surface area contributed by atoms with Crippen molar-refractivity contribution in [1.29, 1.82) is 0 Å². The number of sulfonamides is 1. The number of aromatic nitrogens is 4. The lowest BCUT2D eigenvalue weighted by Gasteiger charge is -2.16. The van der Waals surface area contributed by atoms with E-state index in [0.717, 1.165) is 31.2 Å². The number of ether oxygens (including phenoxy) is 1. The van der Waals surface area contributed by atoms with Crippen molar-refractivity contribution in [2.45, 2.75) is 30.6 Å². The molecular formula is C23H22FN5O3S. The van der Waals surface area contributed by atoms with E-state index in [1.165, 1.54) is 22.2 Å². The van der Waals surface area contributed by atoms with Gasteiger partial charge in [-0.2, -0.15) is 4.52 Å². The lowest BCUT2D eigenvalue weighted by atomic mass is 9.92. The van der Waals surface area contributed by atoms with Crippen molar-refractivity contribution >= 4 is 15.7 Å². The summed E-state index contributed by atoms with van der Waals surface area (Å²) in [5.41, 5.74) is 3.36. The molecule has 10 heteroatoms. The Bertz CT molecular complexity index is 1420. The molecule has 2 aromatic heterocycles. The van der Waals surface area contributed by atoms with Crippen LogP contribution in [-0.4, -0.2) is 41.4 Å². The summed E-state index contributed by atoms with van der Waals surface area (Å²) in [6.45, 7) is 0.165. The van der Waals surface area contributed by atoms with E-state index in [9.17, 15) is 12.8 Å². The van der Waals surface area contributed by atoms with Gasteiger partial charge >= 0.3 is 0 Å². The van der Waals surface area contributed by atoms with Crippen LogP contribution in [0.5, 0.6) is 5.88 Å². The molecule has 5 rings (SSSR count). The number of fused-ring (bicyclic) bond motifs is 2. The number of nitrogens with one attached hydrogen (secondary N) is 1. The van der Waals surface area contributed by atoms with Crippen LogP contribution in [0.25, 0.3) is 17.0 Å². The topological polar surface area (TPSA) is 98.5 Å². The fraction of sp³-hybridized carbons (Fsp3) is 0.261. The Morgan fingerprint density at radius 3 is 2.70 bits per heavy atom. The van der Waals surface area contributed by atoms with Gasteiger partial charge in [-0.1, -0.05) is 18.2 Å². The molecule has 2 aromatic carbocycles. The van der Waals surface area contributed by atoms with Crippen molar-refractivity contribution in [3.8, 4) is 17.3 Å². The second-order valence-electron chi connectivity index (χ2n) is 7.86. The lowest BCUT2D eigenvalue weighted by molar-refractivity contribution is 0.306. The van der Waals surface area contributed by atoms with Crippen LogP contribution in [0.2, 0.25) is 0 Å². The van der Waals surface area contributed by atoms with Gasteiger partial charge in [0.2, 0.25) is 15.9 Å². The van der Waals surface area contributed by atoms with Crippen molar-refractivity contribution in [3.63, 3.8) is 0 Å². The normalized spacial score (nSPS) is 13.7. The molecule has 0 saturated carbocycles. The average Bonchev–Trinajstić information content (AvgIpc) is 3.25. The van der Waals surface area contributed by atoms with Crippen LogP contribution in [0.4, 0.5) is 4.39 Å². The van der Waals surface area contributed by atoms with Gasteiger partial charge in [-0.3, -0.25) is 0 Å². The molecule has 1 N–H and O–H groups in total. The third kappa shape index (κ3) is 4.57. The van der Waals surface area contributed by atoms with E-state index in [-0.39, 0.29) is 29.7 Å². The number of halogens is 1. The molecule has 0 unspecified atom stereocenters. The third-order valence-electron chi connectivity index (χ3n) is 5.60. The Morgan fingerprint density at radius 1 is 1.00 bits per heavy atom. The number of benzene rings is 2. The summed E-state index contributed by atoms with van der Waals surface area (Å²) in [7, 11) is -3.63. The van der Waals surface area contributed by atoms with Crippen molar-refractivity contribution < 1.29 is 17.5 Å². The highest BCUT2D eigenvalue weighted by Gasteiger charge is 2.17. The molecule has 1 aliphatic carbocycles.